The first-order chi connectivity index (χ1) is 29.6. The molecule has 1 N–H and O–H groups in total. The number of hydrogen-bond acceptors (Lipinski definition) is 4. The molecule has 333 valence electrons. The highest BCUT2D eigenvalue weighted by Crippen LogP contribution is 2.48. The molecule has 63 heavy (non-hydrogen) atoms. The van der Waals surface area contributed by atoms with Crippen LogP contribution in [0.25, 0.3) is 16.2 Å². The van der Waals surface area contributed by atoms with Crippen molar-refractivity contribution in [3.05, 3.63) is 147 Å². The zero-order valence-electron chi connectivity index (χ0n) is 41.1. The van der Waals surface area contributed by atoms with Gasteiger partial charge in [-0.1, -0.05) is 153 Å². The summed E-state index contributed by atoms with van der Waals surface area (Å²) in [6, 6.07) is 13.5. The number of ether oxygens (including phenoxy) is 1. The van der Waals surface area contributed by atoms with E-state index in [9.17, 15) is 0 Å². The van der Waals surface area contributed by atoms with Crippen LogP contribution in [-0.2, 0) is 10.8 Å². The molecule has 0 spiro atoms. The Labute approximate surface area is 387 Å². The van der Waals surface area contributed by atoms with Gasteiger partial charge in [0.15, 0.2) is 7.28 Å². The lowest BCUT2D eigenvalue weighted by Crippen LogP contribution is -2.34. The molecule has 0 bridgehead atoms. The normalized spacial score (nSPS) is 23.6. The van der Waals surface area contributed by atoms with E-state index in [0.29, 0.717) is 5.41 Å². The Morgan fingerprint density at radius 3 is 2.29 bits per heavy atom. The summed E-state index contributed by atoms with van der Waals surface area (Å²) in [6.07, 6.45) is 32.9. The molecule has 0 amide bonds. The van der Waals surface area contributed by atoms with Gasteiger partial charge in [-0.3, -0.25) is 0 Å². The van der Waals surface area contributed by atoms with Crippen LogP contribution in [0.15, 0.2) is 130 Å². The molecule has 2 aromatic carbocycles. The molecule has 1 radical (unpaired) electrons. The van der Waals surface area contributed by atoms with Crippen molar-refractivity contribution in [1.29, 1.82) is 0 Å². The molecule has 1 aromatic heterocycles. The predicted molar refractivity (Wildman–Crippen MR) is 276 cm³/mol. The highest BCUT2D eigenvalue weighted by Gasteiger charge is 2.38. The summed E-state index contributed by atoms with van der Waals surface area (Å²) in [7, 11) is 2.50. The highest BCUT2D eigenvalue weighted by molar-refractivity contribution is 7.18. The maximum absolute atomic E-state index is 6.62. The molecule has 3 nitrogen and oxygen atoms in total. The van der Waals surface area contributed by atoms with Gasteiger partial charge in [0, 0.05) is 27.4 Å². The van der Waals surface area contributed by atoms with Gasteiger partial charge in [0.25, 0.3) is 0 Å². The van der Waals surface area contributed by atoms with E-state index in [1.54, 1.807) is 0 Å². The van der Waals surface area contributed by atoms with Crippen LogP contribution in [0.3, 0.4) is 0 Å². The van der Waals surface area contributed by atoms with Crippen molar-refractivity contribution in [2.24, 2.45) is 16.2 Å². The Morgan fingerprint density at radius 2 is 1.57 bits per heavy atom. The Hall–Kier alpha value is -4.22. The molecule has 7 rings (SSSR count). The molecule has 0 fully saturated rings. The number of para-hydroxylation sites is 1. The zero-order valence-corrected chi connectivity index (χ0v) is 41.9. The van der Waals surface area contributed by atoms with Gasteiger partial charge in [-0.25, -0.2) is 0 Å². The molecule has 1 atom stereocenters. The predicted octanol–water partition coefficient (Wildman–Crippen LogP) is 15.7. The topological polar surface area (TPSA) is 24.5 Å². The van der Waals surface area contributed by atoms with Gasteiger partial charge in [0.2, 0.25) is 0 Å². The van der Waals surface area contributed by atoms with Gasteiger partial charge >= 0.3 is 0 Å². The molecule has 4 aliphatic rings. The number of nitrogens with one attached hydrogen (secondary N) is 1. The van der Waals surface area contributed by atoms with E-state index < -0.39 is 0 Å². The maximum atomic E-state index is 6.62. The quantitative estimate of drug-likeness (QED) is 0.162. The lowest BCUT2D eigenvalue weighted by molar-refractivity contribution is 0.241. The first kappa shape index (κ1) is 46.8. The van der Waals surface area contributed by atoms with E-state index in [4.69, 9.17) is 4.74 Å². The third kappa shape index (κ3) is 11.0. The number of hydrogen-bond donors (Lipinski definition) is 1. The zero-order chi connectivity index (χ0) is 45.4. The number of benzene rings is 2. The Balaban J connectivity index is 1.34. The van der Waals surface area contributed by atoms with Crippen molar-refractivity contribution in [3.8, 4) is 5.75 Å². The summed E-state index contributed by atoms with van der Waals surface area (Å²) in [5, 5.41) is 7.77. The standard InChI is InChI=1S/C58H76BN2OS/c1-14-19-41-20-15-16-24-52(41)62-38-40(2)61(45-23-17-21-44(35-45)60-43-22-18-28-55(6,7)30-31-56(8,9)29-27-43)51-26-25-42(54(3,4)5)34-49(51)59-50-39-63-53-37-48-47(36-46(50)53)57(10,11)32-33-58(48,12)13/h14-20,22-24,27,34-39,44,60H,21,25-26,28-33H2,1-13H3/b19-14+,22-18-,40-38-,43-27+. The summed E-state index contributed by atoms with van der Waals surface area (Å²) >= 11 is 1.89. The second kappa shape index (κ2) is 18.3. The number of allylic oxidation sites excluding steroid dienone is 10. The van der Waals surface area contributed by atoms with Gasteiger partial charge in [-0.15, -0.1) is 11.3 Å². The highest BCUT2D eigenvalue weighted by atomic mass is 32.1. The number of rotatable bonds is 10. The van der Waals surface area contributed by atoms with Crippen molar-refractivity contribution in [2.75, 3.05) is 0 Å². The van der Waals surface area contributed by atoms with E-state index in [2.05, 4.69) is 204 Å². The van der Waals surface area contributed by atoms with Gasteiger partial charge < -0.3 is 15.0 Å². The maximum Gasteiger partial charge on any atom is 0.195 e. The van der Waals surface area contributed by atoms with Crippen molar-refractivity contribution < 1.29 is 4.74 Å². The molecule has 1 heterocycles. The van der Waals surface area contributed by atoms with Gasteiger partial charge in [-0.05, 0) is 151 Å². The lowest BCUT2D eigenvalue weighted by atomic mass is 9.58. The molecular formula is C58H76BN2OS. The number of nitrogens with zero attached hydrogens (tertiary/aromatic N) is 1. The van der Waals surface area contributed by atoms with Crippen LogP contribution in [0.4, 0.5) is 0 Å². The molecule has 4 aliphatic carbocycles. The summed E-state index contributed by atoms with van der Waals surface area (Å²) in [6.45, 7) is 30.8. The van der Waals surface area contributed by atoms with E-state index in [0.717, 1.165) is 49.1 Å². The minimum atomic E-state index is 0.0604. The average molecular weight is 860 g/mol. The van der Waals surface area contributed by atoms with Crippen molar-refractivity contribution in [3.63, 3.8) is 0 Å². The molecule has 0 saturated heterocycles. The van der Waals surface area contributed by atoms with Crippen LogP contribution < -0.4 is 15.5 Å². The second-order valence-electron chi connectivity index (χ2n) is 22.8. The van der Waals surface area contributed by atoms with E-state index in [1.165, 1.54) is 80.5 Å². The molecular weight excluding hydrogens is 784 g/mol. The SMILES string of the molecule is C/C=C/c1ccccc1O/C=C(/C)N(C1=CC(NC2=C/CC(C)(C)CCC(C)(C)C/C=C\2)CC=C1)C1=C([B]c2csc3cc4c(cc23)C(C)(C)CCC4(C)C)C=C(C(C)(C)C)CC1. The first-order valence-electron chi connectivity index (χ1n) is 23.9. The Kier molecular flexibility index (Phi) is 13.6. The third-order valence-corrected chi connectivity index (χ3v) is 15.3. The van der Waals surface area contributed by atoms with Crippen LogP contribution >= 0.6 is 11.3 Å². The van der Waals surface area contributed by atoms with Crippen molar-refractivity contribution in [1.82, 2.24) is 10.2 Å². The average Bonchev–Trinajstić information content (AvgIpc) is 3.62. The van der Waals surface area contributed by atoms with Crippen LogP contribution in [-0.4, -0.2) is 18.2 Å². The van der Waals surface area contributed by atoms with Gasteiger partial charge in [0.05, 0.1) is 11.7 Å². The summed E-state index contributed by atoms with van der Waals surface area (Å²) in [4.78, 5) is 2.50. The van der Waals surface area contributed by atoms with Crippen molar-refractivity contribution >= 4 is 40.2 Å². The fourth-order valence-corrected chi connectivity index (χ4v) is 10.8. The fraction of sp³-hybridized carbons (Fsp3) is 0.483. The number of fused-ring (bicyclic) bond motifs is 2. The van der Waals surface area contributed by atoms with Crippen LogP contribution in [0.2, 0.25) is 0 Å². The van der Waals surface area contributed by atoms with Crippen LogP contribution in [0.1, 0.15) is 164 Å². The third-order valence-electron chi connectivity index (χ3n) is 14.4. The Bertz CT molecular complexity index is 2430. The molecule has 0 saturated carbocycles. The largest absolute Gasteiger partial charge is 0.463 e. The first-order valence-corrected chi connectivity index (χ1v) is 24.7. The van der Waals surface area contributed by atoms with Crippen LogP contribution in [0.5, 0.6) is 5.75 Å². The minimum Gasteiger partial charge on any atom is -0.463 e. The van der Waals surface area contributed by atoms with Gasteiger partial charge in [0.1, 0.15) is 12.0 Å². The van der Waals surface area contributed by atoms with E-state index in [1.807, 2.05) is 17.6 Å². The van der Waals surface area contributed by atoms with Crippen molar-refractivity contribution in [2.45, 2.75) is 165 Å². The molecule has 0 aliphatic heterocycles. The number of thiophene rings is 1. The van der Waals surface area contributed by atoms with Gasteiger partial charge in [-0.2, -0.15) is 0 Å². The summed E-state index contributed by atoms with van der Waals surface area (Å²) in [5.41, 5.74) is 13.9. The molecule has 1 unspecified atom stereocenters. The Morgan fingerprint density at radius 1 is 0.873 bits per heavy atom. The monoisotopic (exact) mass is 860 g/mol. The summed E-state index contributed by atoms with van der Waals surface area (Å²) in [5.74, 6) is 0.849. The second-order valence-corrected chi connectivity index (χ2v) is 23.8. The van der Waals surface area contributed by atoms with Crippen LogP contribution in [0, 0.1) is 16.2 Å². The van der Waals surface area contributed by atoms with E-state index in [-0.39, 0.29) is 27.7 Å². The smallest absolute Gasteiger partial charge is 0.195 e. The fourth-order valence-electron chi connectivity index (χ4n) is 9.84. The molecule has 5 heteroatoms. The molecule has 3 aromatic rings. The minimum absolute atomic E-state index is 0.0604. The summed E-state index contributed by atoms with van der Waals surface area (Å²) < 4.78 is 8.01. The lowest BCUT2D eigenvalue weighted by Gasteiger charge is -2.42. The van der Waals surface area contributed by atoms with E-state index >= 15 is 0 Å².